The quantitative estimate of drug-likeness (QED) is 0.758. The second-order valence-corrected chi connectivity index (χ2v) is 4.27. The van der Waals surface area contributed by atoms with Crippen LogP contribution in [0.3, 0.4) is 0 Å². The zero-order valence-corrected chi connectivity index (χ0v) is 10.5. The van der Waals surface area contributed by atoms with Gasteiger partial charge in [-0.15, -0.1) is 0 Å². The maximum atomic E-state index is 9.83. The molecular weight excluding hydrogens is 240 g/mol. The molecule has 0 saturated heterocycles. The van der Waals surface area contributed by atoms with Gasteiger partial charge in [0.05, 0.1) is 11.3 Å². The van der Waals surface area contributed by atoms with Crippen LogP contribution < -0.4 is 11.5 Å². The minimum atomic E-state index is -0.343. The number of para-hydroxylation sites is 1. The lowest BCUT2D eigenvalue weighted by molar-refractivity contribution is 0.477. The molecule has 19 heavy (non-hydrogen) atoms. The van der Waals surface area contributed by atoms with Crippen LogP contribution in [0.15, 0.2) is 30.3 Å². The minimum Gasteiger partial charge on any atom is -0.507 e. The molecule has 0 saturated carbocycles. The molecule has 0 amide bonds. The molecule has 0 aliphatic carbocycles. The van der Waals surface area contributed by atoms with Gasteiger partial charge < -0.3 is 16.6 Å². The predicted octanol–water partition coefficient (Wildman–Crippen LogP) is 1.93. The number of benzene rings is 1. The van der Waals surface area contributed by atoms with Gasteiger partial charge in [0.2, 0.25) is 0 Å². The third kappa shape index (κ3) is 2.34. The minimum absolute atomic E-state index is 0.106. The largest absolute Gasteiger partial charge is 0.507 e. The number of hydrogen-bond donors (Lipinski definition) is 3. The van der Waals surface area contributed by atoms with Crippen molar-refractivity contribution >= 4 is 5.82 Å². The molecule has 0 fully saturated rings. The fourth-order valence-electron chi connectivity index (χ4n) is 1.89. The summed E-state index contributed by atoms with van der Waals surface area (Å²) in [6.07, 6.45) is 0. The Hall–Kier alpha value is -2.58. The van der Waals surface area contributed by atoms with Gasteiger partial charge in [-0.05, 0) is 30.7 Å². The van der Waals surface area contributed by atoms with Gasteiger partial charge >= 0.3 is 0 Å². The van der Waals surface area contributed by atoms with E-state index >= 15 is 0 Å². The van der Waals surface area contributed by atoms with Crippen molar-refractivity contribution < 1.29 is 5.11 Å². The Bertz CT molecular complexity index is 659. The molecule has 5 nitrogen and oxygen atoms in total. The molecule has 5 heteroatoms. The molecule has 2 aromatic rings. The fraction of sp³-hybridized carbons (Fsp3) is 0.143. The summed E-state index contributed by atoms with van der Waals surface area (Å²) in [6.45, 7) is 1.77. The lowest BCUT2D eigenvalue weighted by atomic mass is 10.00. The standard InChI is InChI=1S/C14H14N4O/c1-8(16)10-6-12(18-14(17)11(10)7-15)9-4-2-3-5-13(9)19/h2-6,8,19H,16H2,1H3,(H2,17,18)/t8-/m0/s1. The summed E-state index contributed by atoms with van der Waals surface area (Å²) in [5.74, 6) is 0.227. The van der Waals surface area contributed by atoms with E-state index in [9.17, 15) is 5.11 Å². The van der Waals surface area contributed by atoms with Crippen molar-refractivity contribution in [1.82, 2.24) is 4.98 Å². The summed E-state index contributed by atoms with van der Waals surface area (Å²) in [5.41, 5.74) is 13.6. The van der Waals surface area contributed by atoms with Gasteiger partial charge in [-0.2, -0.15) is 5.26 Å². The van der Waals surface area contributed by atoms with Crippen LogP contribution in [-0.2, 0) is 0 Å². The number of aromatic nitrogens is 1. The van der Waals surface area contributed by atoms with E-state index in [0.29, 0.717) is 16.8 Å². The lowest BCUT2D eigenvalue weighted by Crippen LogP contribution is -2.10. The average molecular weight is 254 g/mol. The highest BCUT2D eigenvalue weighted by Gasteiger charge is 2.15. The monoisotopic (exact) mass is 254 g/mol. The van der Waals surface area contributed by atoms with E-state index in [0.717, 1.165) is 0 Å². The van der Waals surface area contributed by atoms with Crippen molar-refractivity contribution in [2.24, 2.45) is 5.73 Å². The van der Waals surface area contributed by atoms with Crippen LogP contribution in [0.5, 0.6) is 5.75 Å². The Labute approximate surface area is 111 Å². The Balaban J connectivity index is 2.68. The topological polar surface area (TPSA) is 109 Å². The van der Waals surface area contributed by atoms with Crippen molar-refractivity contribution in [3.63, 3.8) is 0 Å². The van der Waals surface area contributed by atoms with E-state index in [1.807, 2.05) is 6.07 Å². The van der Waals surface area contributed by atoms with Gasteiger partial charge in [0, 0.05) is 11.6 Å². The van der Waals surface area contributed by atoms with Crippen LogP contribution in [-0.4, -0.2) is 10.1 Å². The zero-order valence-electron chi connectivity index (χ0n) is 10.5. The van der Waals surface area contributed by atoms with E-state index in [4.69, 9.17) is 16.7 Å². The number of nitrogens with zero attached hydrogens (tertiary/aromatic N) is 2. The summed E-state index contributed by atoms with van der Waals surface area (Å²) in [4.78, 5) is 4.16. The molecule has 0 unspecified atom stereocenters. The van der Waals surface area contributed by atoms with Gasteiger partial charge in [-0.3, -0.25) is 0 Å². The third-order valence-corrected chi connectivity index (χ3v) is 2.86. The molecule has 1 aromatic carbocycles. The number of rotatable bonds is 2. The SMILES string of the molecule is C[C@H](N)c1cc(-c2ccccc2O)nc(N)c1C#N. The fourth-order valence-corrected chi connectivity index (χ4v) is 1.89. The predicted molar refractivity (Wildman–Crippen MR) is 73.1 cm³/mol. The molecule has 0 radical (unpaired) electrons. The number of phenols is 1. The second-order valence-electron chi connectivity index (χ2n) is 4.27. The highest BCUT2D eigenvalue weighted by molar-refractivity contribution is 5.71. The first-order chi connectivity index (χ1) is 9.04. The highest BCUT2D eigenvalue weighted by atomic mass is 16.3. The average Bonchev–Trinajstić information content (AvgIpc) is 2.38. The van der Waals surface area contributed by atoms with E-state index in [2.05, 4.69) is 4.98 Å². The summed E-state index contributed by atoms with van der Waals surface area (Å²) >= 11 is 0. The number of nitrogen functional groups attached to an aromatic ring is 1. The number of anilines is 1. The molecule has 0 bridgehead atoms. The number of aromatic hydroxyl groups is 1. The van der Waals surface area contributed by atoms with Gasteiger partial charge in [0.15, 0.2) is 0 Å². The Morgan fingerprint density at radius 2 is 2.05 bits per heavy atom. The van der Waals surface area contributed by atoms with Gasteiger partial charge in [-0.1, -0.05) is 12.1 Å². The molecule has 1 aromatic heterocycles. The van der Waals surface area contributed by atoms with Crippen molar-refractivity contribution in [1.29, 1.82) is 5.26 Å². The summed E-state index contributed by atoms with van der Waals surface area (Å²) in [5, 5.41) is 18.9. The van der Waals surface area contributed by atoms with Crippen LogP contribution in [0.2, 0.25) is 0 Å². The van der Waals surface area contributed by atoms with Crippen molar-refractivity contribution in [2.45, 2.75) is 13.0 Å². The van der Waals surface area contributed by atoms with Crippen LogP contribution in [0.25, 0.3) is 11.3 Å². The molecule has 2 rings (SSSR count). The van der Waals surface area contributed by atoms with Crippen LogP contribution in [0.4, 0.5) is 5.82 Å². The van der Waals surface area contributed by atoms with E-state index in [-0.39, 0.29) is 23.2 Å². The molecule has 1 heterocycles. The summed E-state index contributed by atoms with van der Waals surface area (Å²) in [7, 11) is 0. The van der Waals surface area contributed by atoms with Crippen molar-refractivity contribution in [3.8, 4) is 23.1 Å². The van der Waals surface area contributed by atoms with Crippen LogP contribution in [0.1, 0.15) is 24.1 Å². The number of pyridine rings is 1. The molecule has 0 aliphatic heterocycles. The van der Waals surface area contributed by atoms with Crippen LogP contribution >= 0.6 is 0 Å². The maximum Gasteiger partial charge on any atom is 0.142 e. The normalized spacial score (nSPS) is 11.8. The smallest absolute Gasteiger partial charge is 0.142 e. The lowest BCUT2D eigenvalue weighted by Gasteiger charge is -2.13. The van der Waals surface area contributed by atoms with Gasteiger partial charge in [0.1, 0.15) is 17.6 Å². The Morgan fingerprint density at radius 1 is 1.37 bits per heavy atom. The van der Waals surface area contributed by atoms with E-state index in [1.54, 1.807) is 37.3 Å². The van der Waals surface area contributed by atoms with Gasteiger partial charge in [0.25, 0.3) is 0 Å². The first kappa shape index (κ1) is 12.9. The van der Waals surface area contributed by atoms with E-state index in [1.165, 1.54) is 0 Å². The van der Waals surface area contributed by atoms with E-state index < -0.39 is 0 Å². The van der Waals surface area contributed by atoms with Crippen molar-refractivity contribution in [3.05, 3.63) is 41.5 Å². The highest BCUT2D eigenvalue weighted by Crippen LogP contribution is 2.31. The maximum absolute atomic E-state index is 9.83. The molecule has 5 N–H and O–H groups in total. The molecule has 1 atom stereocenters. The Morgan fingerprint density at radius 3 is 2.63 bits per heavy atom. The first-order valence-corrected chi connectivity index (χ1v) is 5.79. The first-order valence-electron chi connectivity index (χ1n) is 5.79. The molecule has 0 spiro atoms. The molecule has 0 aliphatic rings. The second kappa shape index (κ2) is 4.96. The zero-order chi connectivity index (χ0) is 14.0. The van der Waals surface area contributed by atoms with Crippen LogP contribution in [0, 0.1) is 11.3 Å². The summed E-state index contributed by atoms with van der Waals surface area (Å²) in [6, 6.07) is 10.2. The molecule has 96 valence electrons. The number of nitrogens with two attached hydrogens (primary N) is 2. The number of hydrogen-bond acceptors (Lipinski definition) is 5. The third-order valence-electron chi connectivity index (χ3n) is 2.86. The van der Waals surface area contributed by atoms with Gasteiger partial charge in [-0.25, -0.2) is 4.98 Å². The summed E-state index contributed by atoms with van der Waals surface area (Å²) < 4.78 is 0. The van der Waals surface area contributed by atoms with Crippen molar-refractivity contribution in [2.75, 3.05) is 5.73 Å². The number of phenolic OH excluding ortho intramolecular Hbond substituents is 1. The Kier molecular flexibility index (Phi) is 3.36. The number of nitriles is 1. The molecular formula is C14H14N4O.